The van der Waals surface area contributed by atoms with E-state index >= 15 is 0 Å². The van der Waals surface area contributed by atoms with Crippen molar-refractivity contribution in [1.82, 2.24) is 15.6 Å². The number of anilines is 1. The van der Waals surface area contributed by atoms with Gasteiger partial charge in [-0.05, 0) is 36.6 Å². The second-order valence-corrected chi connectivity index (χ2v) is 8.96. The number of thiophene rings is 1. The first-order valence-corrected chi connectivity index (χ1v) is 11.2. The van der Waals surface area contributed by atoms with Crippen molar-refractivity contribution in [3.8, 4) is 0 Å². The molecular formula is C21H27ClN4O2S. The molecule has 1 atom stereocenters. The molecule has 29 heavy (non-hydrogen) atoms. The highest BCUT2D eigenvalue weighted by Crippen LogP contribution is 2.27. The van der Waals surface area contributed by atoms with Gasteiger partial charge in [0.25, 0.3) is 5.91 Å². The third-order valence-electron chi connectivity index (χ3n) is 5.21. The molecule has 0 saturated heterocycles. The largest absolute Gasteiger partial charge is 0.365 e. The lowest BCUT2D eigenvalue weighted by Gasteiger charge is -2.26. The SMILES string of the molecule is CNC(=O)C(CC1CCCCC1)NC(=O)c1ccc(CNc2cc(Cl)ccn2)s1. The number of nitrogens with one attached hydrogen (secondary N) is 3. The maximum atomic E-state index is 12.7. The summed E-state index contributed by atoms with van der Waals surface area (Å²) in [4.78, 5) is 30.8. The highest BCUT2D eigenvalue weighted by atomic mass is 35.5. The van der Waals surface area contributed by atoms with Gasteiger partial charge in [-0.25, -0.2) is 4.98 Å². The van der Waals surface area contributed by atoms with E-state index in [9.17, 15) is 9.59 Å². The second kappa shape index (κ2) is 10.6. The smallest absolute Gasteiger partial charge is 0.262 e. The normalized spacial score (nSPS) is 15.5. The third kappa shape index (κ3) is 6.44. The quantitative estimate of drug-likeness (QED) is 0.580. The molecule has 0 bridgehead atoms. The van der Waals surface area contributed by atoms with Crippen molar-refractivity contribution in [2.75, 3.05) is 12.4 Å². The molecule has 3 N–H and O–H groups in total. The van der Waals surface area contributed by atoms with E-state index in [0.29, 0.717) is 34.6 Å². The number of rotatable bonds is 8. The molecule has 2 aromatic rings. The van der Waals surface area contributed by atoms with Gasteiger partial charge < -0.3 is 16.0 Å². The second-order valence-electron chi connectivity index (χ2n) is 7.36. The van der Waals surface area contributed by atoms with Crippen LogP contribution in [0.2, 0.25) is 5.02 Å². The van der Waals surface area contributed by atoms with E-state index in [2.05, 4.69) is 20.9 Å². The Balaban J connectivity index is 1.57. The summed E-state index contributed by atoms with van der Waals surface area (Å²) in [5, 5.41) is 9.43. The van der Waals surface area contributed by atoms with Gasteiger partial charge in [0.1, 0.15) is 11.9 Å². The van der Waals surface area contributed by atoms with E-state index < -0.39 is 6.04 Å². The van der Waals surface area contributed by atoms with Crippen LogP contribution in [0.3, 0.4) is 0 Å². The summed E-state index contributed by atoms with van der Waals surface area (Å²) in [6, 6.07) is 6.69. The summed E-state index contributed by atoms with van der Waals surface area (Å²) in [7, 11) is 1.61. The Labute approximate surface area is 180 Å². The molecular weight excluding hydrogens is 408 g/mol. The molecule has 2 amide bonds. The Bertz CT molecular complexity index is 836. The van der Waals surface area contributed by atoms with Crippen LogP contribution in [0.4, 0.5) is 5.82 Å². The fourth-order valence-corrected chi connectivity index (χ4v) is 4.68. The van der Waals surface area contributed by atoms with Gasteiger partial charge >= 0.3 is 0 Å². The van der Waals surface area contributed by atoms with E-state index in [1.54, 1.807) is 31.4 Å². The van der Waals surface area contributed by atoms with E-state index in [4.69, 9.17) is 11.6 Å². The number of pyridine rings is 1. The van der Waals surface area contributed by atoms with Crippen LogP contribution >= 0.6 is 22.9 Å². The zero-order valence-corrected chi connectivity index (χ0v) is 18.1. The van der Waals surface area contributed by atoms with Crippen LogP contribution in [0, 0.1) is 5.92 Å². The van der Waals surface area contributed by atoms with Crippen LogP contribution in [0.15, 0.2) is 30.5 Å². The van der Waals surface area contributed by atoms with Crippen molar-refractivity contribution in [2.45, 2.75) is 51.1 Å². The summed E-state index contributed by atoms with van der Waals surface area (Å²) in [5.74, 6) is 0.852. The number of carbonyl (C=O) groups is 2. The standard InChI is InChI=1S/C21H27ClN4O2S/c1-23-20(27)17(11-14-5-3-2-4-6-14)26-21(28)18-8-7-16(29-18)13-25-19-12-15(22)9-10-24-19/h7-10,12,14,17H,2-6,11,13H2,1H3,(H,23,27)(H,24,25)(H,26,28). The van der Waals surface area contributed by atoms with Crippen LogP contribution in [-0.4, -0.2) is 29.9 Å². The highest BCUT2D eigenvalue weighted by Gasteiger charge is 2.26. The average molecular weight is 435 g/mol. The lowest BCUT2D eigenvalue weighted by Crippen LogP contribution is -2.46. The van der Waals surface area contributed by atoms with E-state index in [1.165, 1.54) is 30.6 Å². The lowest BCUT2D eigenvalue weighted by atomic mass is 9.84. The van der Waals surface area contributed by atoms with Gasteiger partial charge in [0.2, 0.25) is 5.91 Å². The van der Waals surface area contributed by atoms with Crippen molar-refractivity contribution in [3.05, 3.63) is 45.2 Å². The van der Waals surface area contributed by atoms with Crippen LogP contribution in [0.1, 0.15) is 53.1 Å². The molecule has 1 saturated carbocycles. The molecule has 3 rings (SSSR count). The van der Waals surface area contributed by atoms with Gasteiger partial charge in [-0.3, -0.25) is 9.59 Å². The van der Waals surface area contributed by atoms with Crippen LogP contribution < -0.4 is 16.0 Å². The predicted octanol–water partition coefficient (Wildman–Crippen LogP) is 4.22. The zero-order chi connectivity index (χ0) is 20.6. The molecule has 0 spiro atoms. The van der Waals surface area contributed by atoms with Gasteiger partial charge in [-0.2, -0.15) is 0 Å². The average Bonchev–Trinajstić information content (AvgIpc) is 3.21. The Morgan fingerprint density at radius 3 is 2.76 bits per heavy atom. The monoisotopic (exact) mass is 434 g/mol. The molecule has 0 radical (unpaired) electrons. The molecule has 0 aromatic carbocycles. The number of halogens is 1. The van der Waals surface area contributed by atoms with Gasteiger partial charge in [0.15, 0.2) is 0 Å². The third-order valence-corrected chi connectivity index (χ3v) is 6.53. The summed E-state index contributed by atoms with van der Waals surface area (Å²) in [6.07, 6.45) is 8.30. The molecule has 1 fully saturated rings. The van der Waals surface area contributed by atoms with Crippen molar-refractivity contribution in [1.29, 1.82) is 0 Å². The molecule has 1 unspecified atom stereocenters. The topological polar surface area (TPSA) is 83.1 Å². The molecule has 2 heterocycles. The molecule has 8 heteroatoms. The first-order chi connectivity index (χ1) is 14.0. The lowest BCUT2D eigenvalue weighted by molar-refractivity contribution is -0.123. The van der Waals surface area contributed by atoms with Gasteiger partial charge in [0.05, 0.1) is 11.4 Å². The van der Waals surface area contributed by atoms with Gasteiger partial charge in [-0.1, -0.05) is 43.7 Å². The summed E-state index contributed by atoms with van der Waals surface area (Å²) >= 11 is 7.37. The van der Waals surface area contributed by atoms with E-state index in [0.717, 1.165) is 17.7 Å². The van der Waals surface area contributed by atoms with Crippen molar-refractivity contribution >= 4 is 40.6 Å². The number of hydrogen-bond acceptors (Lipinski definition) is 5. The highest BCUT2D eigenvalue weighted by molar-refractivity contribution is 7.14. The number of amides is 2. The minimum atomic E-state index is -0.491. The molecule has 1 aliphatic rings. The fraction of sp³-hybridized carbons (Fsp3) is 0.476. The maximum Gasteiger partial charge on any atom is 0.262 e. The number of likely N-dealkylation sites (N-methyl/N-ethyl adjacent to an activating group) is 1. The van der Waals surface area contributed by atoms with E-state index in [1.807, 2.05) is 6.07 Å². The van der Waals surface area contributed by atoms with Crippen LogP contribution in [0.5, 0.6) is 0 Å². The maximum absolute atomic E-state index is 12.7. The molecule has 0 aliphatic heterocycles. The first kappa shape index (κ1) is 21.6. The number of carbonyl (C=O) groups excluding carboxylic acids is 2. The first-order valence-electron chi connectivity index (χ1n) is 10.0. The Morgan fingerprint density at radius 1 is 1.24 bits per heavy atom. The summed E-state index contributed by atoms with van der Waals surface area (Å²) < 4.78 is 0. The van der Waals surface area contributed by atoms with E-state index in [-0.39, 0.29) is 11.8 Å². The Morgan fingerprint density at radius 2 is 2.03 bits per heavy atom. The molecule has 2 aromatic heterocycles. The van der Waals surface area contributed by atoms with Gasteiger partial charge in [0, 0.05) is 23.1 Å². The molecule has 6 nitrogen and oxygen atoms in total. The van der Waals surface area contributed by atoms with Crippen molar-refractivity contribution in [3.63, 3.8) is 0 Å². The predicted molar refractivity (Wildman–Crippen MR) is 117 cm³/mol. The number of hydrogen-bond donors (Lipinski definition) is 3. The van der Waals surface area contributed by atoms with Crippen LogP contribution in [-0.2, 0) is 11.3 Å². The summed E-state index contributed by atoms with van der Waals surface area (Å²) in [5.41, 5.74) is 0. The minimum absolute atomic E-state index is 0.130. The number of nitrogens with zero attached hydrogens (tertiary/aromatic N) is 1. The Kier molecular flexibility index (Phi) is 7.89. The van der Waals surface area contributed by atoms with Crippen molar-refractivity contribution in [2.24, 2.45) is 5.92 Å². The molecule has 156 valence electrons. The minimum Gasteiger partial charge on any atom is -0.365 e. The van der Waals surface area contributed by atoms with Crippen molar-refractivity contribution < 1.29 is 9.59 Å². The molecule has 1 aliphatic carbocycles. The fourth-order valence-electron chi connectivity index (χ4n) is 3.67. The summed E-state index contributed by atoms with van der Waals surface area (Å²) in [6.45, 7) is 0.548. The van der Waals surface area contributed by atoms with Crippen LogP contribution in [0.25, 0.3) is 0 Å². The number of aromatic nitrogens is 1. The Hall–Kier alpha value is -2.12. The zero-order valence-electron chi connectivity index (χ0n) is 16.5. The van der Waals surface area contributed by atoms with Gasteiger partial charge in [-0.15, -0.1) is 11.3 Å².